The second-order valence-corrected chi connectivity index (χ2v) is 6.10. The molecule has 2 bridgehead atoms. The van der Waals surface area contributed by atoms with Crippen LogP contribution in [0.5, 0.6) is 0 Å². The lowest BCUT2D eigenvalue weighted by Gasteiger charge is -2.25. The molecule has 1 N–H and O–H groups in total. The normalized spacial score (nSPS) is 45.5. The molecule has 2 aliphatic heterocycles. The second kappa shape index (κ2) is 3.91. The number of amides is 2. The SMILES string of the molecule is O=C(O)C1COCC1N1C(=O)C2C3C=CC(C3)C2C1=O. The van der Waals surface area contributed by atoms with E-state index >= 15 is 0 Å². The van der Waals surface area contributed by atoms with Gasteiger partial charge < -0.3 is 9.84 Å². The third-order valence-electron chi connectivity index (χ3n) is 5.20. The van der Waals surface area contributed by atoms with Gasteiger partial charge >= 0.3 is 5.97 Å². The van der Waals surface area contributed by atoms with Gasteiger partial charge in [-0.3, -0.25) is 19.3 Å². The highest BCUT2D eigenvalue weighted by Gasteiger charge is 2.61. The Balaban J connectivity index is 1.66. The topological polar surface area (TPSA) is 83.9 Å². The van der Waals surface area contributed by atoms with Crippen LogP contribution in [0.3, 0.4) is 0 Å². The maximum absolute atomic E-state index is 12.6. The number of aliphatic carboxylic acids is 1. The predicted octanol–water partition coefficient (Wildman–Crippen LogP) is -0.107. The van der Waals surface area contributed by atoms with Crippen LogP contribution in [0.25, 0.3) is 0 Å². The van der Waals surface area contributed by atoms with Crippen molar-refractivity contribution in [3.05, 3.63) is 12.2 Å². The van der Waals surface area contributed by atoms with E-state index in [2.05, 4.69) is 0 Å². The maximum Gasteiger partial charge on any atom is 0.311 e. The van der Waals surface area contributed by atoms with E-state index in [1.807, 2.05) is 12.2 Å². The number of carbonyl (C=O) groups excluding carboxylic acids is 2. The van der Waals surface area contributed by atoms with Crippen LogP contribution in [0.2, 0.25) is 0 Å². The maximum atomic E-state index is 12.6. The predicted molar refractivity (Wildman–Crippen MR) is 65.3 cm³/mol. The van der Waals surface area contributed by atoms with Crippen molar-refractivity contribution in [3.63, 3.8) is 0 Å². The van der Waals surface area contributed by atoms with E-state index < -0.39 is 17.9 Å². The number of rotatable bonds is 2. The largest absolute Gasteiger partial charge is 0.481 e. The van der Waals surface area contributed by atoms with Crippen molar-refractivity contribution in [2.75, 3.05) is 13.2 Å². The second-order valence-electron chi connectivity index (χ2n) is 6.10. The molecule has 0 aromatic carbocycles. The molecule has 4 aliphatic rings. The summed E-state index contributed by atoms with van der Waals surface area (Å²) in [5.74, 6) is -2.44. The Hall–Kier alpha value is -1.69. The third-order valence-corrected chi connectivity index (χ3v) is 5.20. The molecule has 6 unspecified atom stereocenters. The Morgan fingerprint density at radius 2 is 1.75 bits per heavy atom. The summed E-state index contributed by atoms with van der Waals surface area (Å²) in [6, 6.07) is -0.641. The molecule has 0 radical (unpaired) electrons. The van der Waals surface area contributed by atoms with Gasteiger partial charge in [0.15, 0.2) is 0 Å². The minimum Gasteiger partial charge on any atom is -0.481 e. The van der Waals surface area contributed by atoms with Gasteiger partial charge in [0.25, 0.3) is 0 Å². The summed E-state index contributed by atoms with van der Waals surface area (Å²) in [7, 11) is 0. The van der Waals surface area contributed by atoms with Gasteiger partial charge in [-0.25, -0.2) is 0 Å². The average molecular weight is 277 g/mol. The summed E-state index contributed by atoms with van der Waals surface area (Å²) in [5, 5.41) is 9.19. The van der Waals surface area contributed by atoms with Crippen molar-refractivity contribution < 1.29 is 24.2 Å². The number of hydrogen-bond donors (Lipinski definition) is 1. The van der Waals surface area contributed by atoms with E-state index in [4.69, 9.17) is 4.74 Å². The lowest BCUT2D eigenvalue weighted by molar-refractivity contribution is -0.148. The van der Waals surface area contributed by atoms with Crippen LogP contribution in [-0.2, 0) is 19.1 Å². The standard InChI is InChI=1S/C14H15NO5/c16-12-10-6-1-2-7(3-6)11(10)13(17)15(12)9-5-20-4-8(9)14(18)19/h1-2,6-11H,3-5H2,(H,18,19). The van der Waals surface area contributed by atoms with Gasteiger partial charge in [0, 0.05) is 0 Å². The zero-order chi connectivity index (χ0) is 14.0. The van der Waals surface area contributed by atoms with E-state index in [9.17, 15) is 19.5 Å². The first kappa shape index (κ1) is 12.1. The Kier molecular flexibility index (Phi) is 2.36. The van der Waals surface area contributed by atoms with Crippen molar-refractivity contribution >= 4 is 17.8 Å². The molecule has 0 aromatic rings. The third kappa shape index (κ3) is 1.35. The van der Waals surface area contributed by atoms with E-state index in [-0.39, 0.29) is 48.7 Å². The molecule has 4 rings (SSSR count). The minimum absolute atomic E-state index is 0.0670. The first-order valence-corrected chi connectivity index (χ1v) is 6.95. The van der Waals surface area contributed by atoms with Gasteiger partial charge in [0.2, 0.25) is 11.8 Å². The molecular formula is C14H15NO5. The number of nitrogens with zero attached hydrogens (tertiary/aromatic N) is 1. The van der Waals surface area contributed by atoms with E-state index in [1.165, 1.54) is 4.90 Å². The fraction of sp³-hybridized carbons (Fsp3) is 0.643. The molecule has 6 atom stereocenters. The molecule has 2 amide bonds. The average Bonchev–Trinajstić information content (AvgIpc) is 3.13. The number of carboxylic acids is 1. The molecule has 2 aliphatic carbocycles. The van der Waals surface area contributed by atoms with Crippen LogP contribution >= 0.6 is 0 Å². The molecule has 0 aromatic heterocycles. The minimum atomic E-state index is -1.01. The van der Waals surface area contributed by atoms with E-state index in [1.54, 1.807) is 0 Å². The van der Waals surface area contributed by atoms with Gasteiger partial charge in [-0.15, -0.1) is 0 Å². The molecule has 2 saturated heterocycles. The zero-order valence-electron chi connectivity index (χ0n) is 10.8. The van der Waals surface area contributed by atoms with E-state index in [0.717, 1.165) is 6.42 Å². The molecular weight excluding hydrogens is 262 g/mol. The van der Waals surface area contributed by atoms with Gasteiger partial charge in [0.1, 0.15) is 5.92 Å². The van der Waals surface area contributed by atoms with Crippen LogP contribution in [-0.4, -0.2) is 47.0 Å². The number of imide groups is 1. The van der Waals surface area contributed by atoms with Crippen molar-refractivity contribution in [2.45, 2.75) is 12.5 Å². The van der Waals surface area contributed by atoms with Gasteiger partial charge in [-0.2, -0.15) is 0 Å². The summed E-state index contributed by atoms with van der Waals surface area (Å²) >= 11 is 0. The van der Waals surface area contributed by atoms with E-state index in [0.29, 0.717) is 0 Å². The van der Waals surface area contributed by atoms with Gasteiger partial charge in [-0.05, 0) is 18.3 Å². The van der Waals surface area contributed by atoms with Crippen LogP contribution in [0, 0.1) is 29.6 Å². The summed E-state index contributed by atoms with van der Waals surface area (Å²) in [6.07, 6.45) is 4.94. The van der Waals surface area contributed by atoms with Crippen molar-refractivity contribution in [2.24, 2.45) is 29.6 Å². The molecule has 6 nitrogen and oxygen atoms in total. The molecule has 0 spiro atoms. The van der Waals surface area contributed by atoms with Crippen LogP contribution < -0.4 is 0 Å². The Bertz CT molecular complexity index is 512. The number of ether oxygens (including phenoxy) is 1. The highest BCUT2D eigenvalue weighted by Crippen LogP contribution is 2.53. The number of fused-ring (bicyclic) bond motifs is 5. The Morgan fingerprint density at radius 3 is 2.30 bits per heavy atom. The quantitative estimate of drug-likeness (QED) is 0.562. The highest BCUT2D eigenvalue weighted by molar-refractivity contribution is 6.07. The smallest absolute Gasteiger partial charge is 0.311 e. The van der Waals surface area contributed by atoms with Crippen molar-refractivity contribution in [3.8, 4) is 0 Å². The fourth-order valence-corrected chi connectivity index (χ4v) is 4.29. The first-order chi connectivity index (χ1) is 9.59. The zero-order valence-corrected chi connectivity index (χ0v) is 10.8. The van der Waals surface area contributed by atoms with Crippen molar-refractivity contribution in [1.29, 1.82) is 0 Å². The van der Waals surface area contributed by atoms with Crippen LogP contribution in [0.4, 0.5) is 0 Å². The first-order valence-electron chi connectivity index (χ1n) is 6.95. The molecule has 1 saturated carbocycles. The molecule has 106 valence electrons. The van der Waals surface area contributed by atoms with Crippen LogP contribution in [0.15, 0.2) is 12.2 Å². The Labute approximate surface area is 115 Å². The summed E-state index contributed by atoms with van der Waals surface area (Å²) in [4.78, 5) is 37.6. The number of carboxylic acid groups (broad SMARTS) is 1. The van der Waals surface area contributed by atoms with Gasteiger partial charge in [0.05, 0.1) is 31.1 Å². The molecule has 20 heavy (non-hydrogen) atoms. The molecule has 6 heteroatoms. The van der Waals surface area contributed by atoms with Crippen LogP contribution in [0.1, 0.15) is 6.42 Å². The Morgan fingerprint density at radius 1 is 1.15 bits per heavy atom. The van der Waals surface area contributed by atoms with Crippen molar-refractivity contribution in [1.82, 2.24) is 4.90 Å². The number of likely N-dealkylation sites (tertiary alicyclic amines) is 1. The van der Waals surface area contributed by atoms with Gasteiger partial charge in [-0.1, -0.05) is 12.2 Å². The number of hydrogen-bond acceptors (Lipinski definition) is 4. The summed E-state index contributed by atoms with van der Waals surface area (Å²) < 4.78 is 5.19. The summed E-state index contributed by atoms with van der Waals surface area (Å²) in [6.45, 7) is 0.203. The molecule has 3 fully saturated rings. The lowest BCUT2D eigenvalue weighted by Crippen LogP contribution is -2.47. The number of carbonyl (C=O) groups is 3. The molecule has 2 heterocycles. The monoisotopic (exact) mass is 277 g/mol. The fourth-order valence-electron chi connectivity index (χ4n) is 4.29. The summed E-state index contributed by atoms with van der Waals surface area (Å²) in [5.41, 5.74) is 0. The number of allylic oxidation sites excluding steroid dienone is 2. The highest BCUT2D eigenvalue weighted by atomic mass is 16.5. The lowest BCUT2D eigenvalue weighted by atomic mass is 9.85.